The Bertz CT molecular complexity index is 1310. The zero-order valence-corrected chi connectivity index (χ0v) is 23.1. The van der Waals surface area contributed by atoms with E-state index in [4.69, 9.17) is 16.3 Å². The molecule has 0 saturated heterocycles. The highest BCUT2D eigenvalue weighted by Gasteiger charge is 2.33. The minimum Gasteiger partial charge on any atom is -0.444 e. The Morgan fingerprint density at radius 2 is 2.00 bits per heavy atom. The number of sulfonamides is 1. The molecule has 1 aromatic heterocycles. The number of rotatable bonds is 6. The standard InChI is InChI=1S/C25H30ClN3O5S2/c1-16-20-7-5-18(15-17(20)9-12-28(16)24(31)34-25(2,3)4)29-13-10-21(23(29)30)27-36(32,33)14-11-19-6-8-22(26)35-19/h5-8,10,15-16,27H,9,11-14H2,1-4H3. The molecule has 0 fully saturated rings. The molecule has 0 bridgehead atoms. The van der Waals surface area contributed by atoms with E-state index in [0.29, 0.717) is 29.4 Å². The highest BCUT2D eigenvalue weighted by molar-refractivity contribution is 7.89. The molecule has 4 rings (SSSR count). The Morgan fingerprint density at radius 3 is 2.67 bits per heavy atom. The second-order valence-electron chi connectivity index (χ2n) is 9.89. The van der Waals surface area contributed by atoms with Crippen LogP contribution in [0.5, 0.6) is 0 Å². The quantitative estimate of drug-likeness (QED) is 0.564. The topological polar surface area (TPSA) is 96.0 Å². The molecule has 3 heterocycles. The lowest BCUT2D eigenvalue weighted by Gasteiger charge is -2.36. The first-order valence-electron chi connectivity index (χ1n) is 11.7. The van der Waals surface area contributed by atoms with Gasteiger partial charge in [-0.05, 0) is 82.0 Å². The number of carbonyl (C=O) groups is 2. The van der Waals surface area contributed by atoms with Crippen molar-refractivity contribution in [1.82, 2.24) is 9.62 Å². The SMILES string of the molecule is CC1c2ccc(N3CC=C(NS(=O)(=O)CCc4ccc(Cl)s4)C3=O)cc2CCN1C(=O)OC(C)(C)C. The van der Waals surface area contributed by atoms with Gasteiger partial charge in [0.1, 0.15) is 11.3 Å². The van der Waals surface area contributed by atoms with Gasteiger partial charge in [-0.3, -0.25) is 9.52 Å². The smallest absolute Gasteiger partial charge is 0.410 e. The van der Waals surface area contributed by atoms with Crippen LogP contribution in [0.15, 0.2) is 42.1 Å². The highest BCUT2D eigenvalue weighted by atomic mass is 35.5. The van der Waals surface area contributed by atoms with Gasteiger partial charge in [0.25, 0.3) is 5.91 Å². The number of anilines is 1. The molecule has 8 nitrogen and oxygen atoms in total. The Morgan fingerprint density at radius 1 is 1.25 bits per heavy atom. The first-order valence-corrected chi connectivity index (χ1v) is 14.6. The number of nitrogens with zero attached hydrogens (tertiary/aromatic N) is 2. The first-order chi connectivity index (χ1) is 16.8. The fraction of sp³-hybridized carbons (Fsp3) is 0.440. The average molecular weight is 552 g/mol. The molecule has 1 aromatic carbocycles. The molecule has 2 aliphatic rings. The minimum atomic E-state index is -3.69. The van der Waals surface area contributed by atoms with Crippen LogP contribution >= 0.6 is 22.9 Å². The summed E-state index contributed by atoms with van der Waals surface area (Å²) in [4.78, 5) is 29.8. The number of benzene rings is 1. The number of nitrogens with one attached hydrogen (secondary N) is 1. The van der Waals surface area contributed by atoms with Crippen LogP contribution in [0.3, 0.4) is 0 Å². The van der Waals surface area contributed by atoms with Crippen LogP contribution < -0.4 is 9.62 Å². The van der Waals surface area contributed by atoms with Crippen molar-refractivity contribution in [3.63, 3.8) is 0 Å². The fourth-order valence-electron chi connectivity index (χ4n) is 4.30. The number of hydrogen-bond acceptors (Lipinski definition) is 6. The molecule has 0 saturated carbocycles. The number of amides is 2. The van der Waals surface area contributed by atoms with E-state index in [-0.39, 0.29) is 30.1 Å². The summed E-state index contributed by atoms with van der Waals surface area (Å²) in [5, 5.41) is 0. The van der Waals surface area contributed by atoms with Crippen molar-refractivity contribution in [3.8, 4) is 0 Å². The highest BCUT2D eigenvalue weighted by Crippen LogP contribution is 2.34. The molecular weight excluding hydrogens is 522 g/mol. The lowest BCUT2D eigenvalue weighted by atomic mass is 9.93. The molecule has 0 aliphatic carbocycles. The monoisotopic (exact) mass is 551 g/mol. The van der Waals surface area contributed by atoms with Crippen molar-refractivity contribution in [3.05, 3.63) is 62.4 Å². The first kappa shape index (κ1) is 26.5. The summed E-state index contributed by atoms with van der Waals surface area (Å²) in [5.41, 5.74) is 2.24. The third-order valence-corrected chi connectivity index (χ3v) is 8.63. The van der Waals surface area contributed by atoms with E-state index in [1.807, 2.05) is 45.9 Å². The van der Waals surface area contributed by atoms with E-state index >= 15 is 0 Å². The van der Waals surface area contributed by atoms with Crippen LogP contribution in [0.25, 0.3) is 0 Å². The van der Waals surface area contributed by atoms with Crippen LogP contribution in [-0.4, -0.2) is 49.8 Å². The van der Waals surface area contributed by atoms with Crippen molar-refractivity contribution < 1.29 is 22.7 Å². The zero-order valence-electron chi connectivity index (χ0n) is 20.7. The number of halogens is 1. The molecule has 0 spiro atoms. The fourth-order valence-corrected chi connectivity index (χ4v) is 6.61. The lowest BCUT2D eigenvalue weighted by molar-refractivity contribution is -0.114. The van der Waals surface area contributed by atoms with Gasteiger partial charge < -0.3 is 14.5 Å². The molecular formula is C25H30ClN3O5S2. The van der Waals surface area contributed by atoms with Gasteiger partial charge in [-0.25, -0.2) is 13.2 Å². The largest absolute Gasteiger partial charge is 0.444 e. The van der Waals surface area contributed by atoms with Gasteiger partial charge in [0.2, 0.25) is 10.0 Å². The van der Waals surface area contributed by atoms with Crippen LogP contribution in [0.4, 0.5) is 10.5 Å². The van der Waals surface area contributed by atoms with Crippen molar-refractivity contribution in [2.75, 3.05) is 23.7 Å². The van der Waals surface area contributed by atoms with Crippen LogP contribution in [0.2, 0.25) is 4.34 Å². The van der Waals surface area contributed by atoms with Gasteiger partial charge in [0, 0.05) is 23.7 Å². The molecule has 1 unspecified atom stereocenters. The summed E-state index contributed by atoms with van der Waals surface area (Å²) in [6, 6.07) is 9.07. The molecule has 2 aromatic rings. The Kier molecular flexibility index (Phi) is 7.41. The van der Waals surface area contributed by atoms with Gasteiger partial charge in [-0.2, -0.15) is 0 Å². The van der Waals surface area contributed by atoms with E-state index in [2.05, 4.69) is 4.72 Å². The maximum atomic E-state index is 13.0. The molecule has 0 radical (unpaired) electrons. The normalized spacial score (nSPS) is 18.2. The van der Waals surface area contributed by atoms with Crippen molar-refractivity contribution in [1.29, 1.82) is 0 Å². The number of fused-ring (bicyclic) bond motifs is 1. The van der Waals surface area contributed by atoms with E-state index in [1.54, 1.807) is 28.0 Å². The van der Waals surface area contributed by atoms with E-state index in [9.17, 15) is 18.0 Å². The molecule has 1 atom stereocenters. The number of carbonyl (C=O) groups excluding carboxylic acids is 2. The maximum absolute atomic E-state index is 13.0. The molecule has 2 aliphatic heterocycles. The minimum absolute atomic E-state index is 0.0569. The van der Waals surface area contributed by atoms with Gasteiger partial charge in [-0.1, -0.05) is 17.7 Å². The summed E-state index contributed by atoms with van der Waals surface area (Å²) in [6.07, 6.45) is 2.20. The van der Waals surface area contributed by atoms with Crippen LogP contribution in [-0.2, 0) is 32.4 Å². The third kappa shape index (κ3) is 6.04. The predicted octanol–water partition coefficient (Wildman–Crippen LogP) is 4.65. The third-order valence-electron chi connectivity index (χ3n) is 6.07. The van der Waals surface area contributed by atoms with E-state index < -0.39 is 21.5 Å². The summed E-state index contributed by atoms with van der Waals surface area (Å²) in [6.45, 7) is 8.27. The zero-order chi connectivity index (χ0) is 26.3. The second kappa shape index (κ2) is 10.1. The predicted molar refractivity (Wildman–Crippen MR) is 142 cm³/mol. The molecule has 1 N–H and O–H groups in total. The molecule has 11 heteroatoms. The summed E-state index contributed by atoms with van der Waals surface area (Å²) in [7, 11) is -3.69. The second-order valence-corrected chi connectivity index (χ2v) is 13.5. The number of aryl methyl sites for hydroxylation is 1. The van der Waals surface area contributed by atoms with Crippen LogP contribution in [0, 0.1) is 0 Å². The lowest BCUT2D eigenvalue weighted by Crippen LogP contribution is -2.42. The van der Waals surface area contributed by atoms with E-state index in [0.717, 1.165) is 16.0 Å². The molecule has 36 heavy (non-hydrogen) atoms. The maximum Gasteiger partial charge on any atom is 0.410 e. The summed E-state index contributed by atoms with van der Waals surface area (Å²) >= 11 is 7.25. The number of ether oxygens (including phenoxy) is 1. The Labute approximate surface area is 220 Å². The summed E-state index contributed by atoms with van der Waals surface area (Å²) < 4.78 is 33.7. The van der Waals surface area contributed by atoms with Gasteiger partial charge in [0.05, 0.1) is 16.1 Å². The van der Waals surface area contributed by atoms with Gasteiger partial charge >= 0.3 is 6.09 Å². The van der Waals surface area contributed by atoms with E-state index in [1.165, 1.54) is 11.3 Å². The summed E-state index contributed by atoms with van der Waals surface area (Å²) in [5.74, 6) is -0.531. The Hall–Kier alpha value is -2.56. The van der Waals surface area contributed by atoms with Crippen molar-refractivity contribution >= 4 is 50.6 Å². The van der Waals surface area contributed by atoms with Crippen molar-refractivity contribution in [2.45, 2.75) is 52.2 Å². The molecule has 2 amide bonds. The number of thiophene rings is 1. The van der Waals surface area contributed by atoms with Crippen molar-refractivity contribution in [2.24, 2.45) is 0 Å². The van der Waals surface area contributed by atoms with Gasteiger partial charge in [0.15, 0.2) is 0 Å². The Balaban J connectivity index is 1.40. The average Bonchev–Trinajstić information content (AvgIpc) is 3.36. The molecule has 194 valence electrons. The van der Waals surface area contributed by atoms with Crippen LogP contribution in [0.1, 0.15) is 49.7 Å². The van der Waals surface area contributed by atoms with Gasteiger partial charge in [-0.15, -0.1) is 11.3 Å². The number of hydrogen-bond donors (Lipinski definition) is 1.